The second kappa shape index (κ2) is 12.0. The molecule has 13 heteroatoms. The minimum Gasteiger partial charge on any atom is -0.508 e. The molecule has 1 amide bonds. The Balaban J connectivity index is 1.73. The van der Waals surface area contributed by atoms with Crippen LogP contribution in [-0.4, -0.2) is 45.0 Å². The van der Waals surface area contributed by atoms with Crippen molar-refractivity contribution in [2.75, 3.05) is 12.9 Å². The molecule has 0 aliphatic heterocycles. The molecule has 2 rings (SSSR count). The number of nitro groups is 1. The van der Waals surface area contributed by atoms with Gasteiger partial charge in [-0.25, -0.2) is 4.79 Å². The zero-order valence-electron chi connectivity index (χ0n) is 17.3. The Morgan fingerprint density at radius 3 is 2.52 bits per heavy atom. The monoisotopic (exact) mass is 482 g/mol. The van der Waals surface area contributed by atoms with Gasteiger partial charge in [-0.3, -0.25) is 24.8 Å². The van der Waals surface area contributed by atoms with Crippen LogP contribution in [0.15, 0.2) is 48.5 Å². The fourth-order valence-electron chi connectivity index (χ4n) is 2.67. The van der Waals surface area contributed by atoms with Crippen molar-refractivity contribution in [3.63, 3.8) is 0 Å². The van der Waals surface area contributed by atoms with Gasteiger partial charge in [-0.15, -0.1) is 0 Å². The molecule has 2 aromatic carbocycles. The van der Waals surface area contributed by atoms with Crippen LogP contribution in [0.3, 0.4) is 0 Å². The van der Waals surface area contributed by atoms with Crippen LogP contribution >= 0.6 is 7.37 Å². The van der Waals surface area contributed by atoms with Gasteiger partial charge in [0.15, 0.2) is 12.6 Å². The number of phenolic OH excluding ortho intramolecular Hbond substituents is 1. The number of nitrogens with zero attached hydrogens (tertiary/aromatic N) is 1. The van der Waals surface area contributed by atoms with Crippen LogP contribution in [0.4, 0.5) is 10.5 Å². The van der Waals surface area contributed by atoms with Crippen molar-refractivity contribution in [3.05, 3.63) is 69.8 Å². The van der Waals surface area contributed by atoms with Gasteiger partial charge < -0.3 is 24.6 Å². The summed E-state index contributed by atoms with van der Waals surface area (Å²) in [7, 11) is -4.34. The molecule has 1 unspecified atom stereocenters. The van der Waals surface area contributed by atoms with Crippen LogP contribution in [0.2, 0.25) is 0 Å². The molecule has 0 saturated heterocycles. The topological polar surface area (TPSA) is 186 Å². The number of hydrogen-bond acceptors (Lipinski definition) is 9. The maximum absolute atomic E-state index is 12.4. The summed E-state index contributed by atoms with van der Waals surface area (Å²) in [6.45, 7) is -0.428. The van der Waals surface area contributed by atoms with Crippen molar-refractivity contribution in [1.29, 1.82) is 0 Å². The van der Waals surface area contributed by atoms with E-state index in [1.165, 1.54) is 0 Å². The molecule has 0 radical (unpaired) electrons. The van der Waals surface area contributed by atoms with E-state index in [1.807, 2.05) is 6.07 Å². The number of benzene rings is 2. The van der Waals surface area contributed by atoms with Crippen LogP contribution in [0.5, 0.6) is 5.75 Å². The van der Waals surface area contributed by atoms with Gasteiger partial charge in [-0.2, -0.15) is 0 Å². The molecule has 0 bridgehead atoms. The Morgan fingerprint density at radius 1 is 1.15 bits per heavy atom. The fraction of sp³-hybridized carbons (Fsp3) is 0.300. The number of esters is 1. The SMILES string of the molecule is O=C(CCCP(=O)(O)[C@H](O)c1cc([N+](=O)[O-])ccc1O)OCNC(=O)OCc1ccccc1. The number of aliphatic hydroxyl groups excluding tert-OH is 1. The molecule has 0 aliphatic carbocycles. The second-order valence-corrected chi connectivity index (χ2v) is 9.30. The molecule has 4 N–H and O–H groups in total. The van der Waals surface area contributed by atoms with Gasteiger partial charge in [0.05, 0.1) is 4.92 Å². The lowest BCUT2D eigenvalue weighted by atomic mass is 10.2. The van der Waals surface area contributed by atoms with Gasteiger partial charge in [-0.05, 0) is 18.1 Å². The number of ether oxygens (including phenoxy) is 2. The number of aliphatic hydroxyl groups is 1. The van der Waals surface area contributed by atoms with Crippen molar-refractivity contribution in [2.45, 2.75) is 25.3 Å². The van der Waals surface area contributed by atoms with E-state index in [2.05, 4.69) is 5.32 Å². The Hall–Kier alpha value is -3.47. The van der Waals surface area contributed by atoms with E-state index < -0.39 is 60.1 Å². The van der Waals surface area contributed by atoms with E-state index in [0.717, 1.165) is 23.8 Å². The molecule has 0 fully saturated rings. The lowest BCUT2D eigenvalue weighted by Crippen LogP contribution is -2.28. The van der Waals surface area contributed by atoms with Crippen molar-refractivity contribution in [2.24, 2.45) is 0 Å². The fourth-order valence-corrected chi connectivity index (χ4v) is 4.17. The average Bonchev–Trinajstić information content (AvgIpc) is 2.78. The third-order valence-electron chi connectivity index (χ3n) is 4.40. The van der Waals surface area contributed by atoms with Crippen LogP contribution in [0.25, 0.3) is 0 Å². The number of rotatable bonds is 11. The van der Waals surface area contributed by atoms with Gasteiger partial charge in [-0.1, -0.05) is 30.3 Å². The van der Waals surface area contributed by atoms with E-state index in [9.17, 15) is 39.4 Å². The summed E-state index contributed by atoms with van der Waals surface area (Å²) in [5.41, 5.74) is -0.158. The predicted octanol–water partition coefficient (Wildman–Crippen LogP) is 2.77. The first-order valence-corrected chi connectivity index (χ1v) is 11.6. The van der Waals surface area contributed by atoms with Crippen molar-refractivity contribution >= 4 is 25.1 Å². The number of nitro benzene ring substituents is 1. The molecule has 0 aliphatic rings. The maximum atomic E-state index is 12.4. The summed E-state index contributed by atoms with van der Waals surface area (Å²) in [4.78, 5) is 43.5. The first-order valence-electron chi connectivity index (χ1n) is 9.67. The standard InChI is InChI=1S/C20H23N2O10P/c23-17-9-8-15(22(27)28)11-16(17)19(25)33(29,30)10-4-7-18(24)32-13-21-20(26)31-12-14-5-2-1-3-6-14/h1-3,5-6,8-9,11,19,23,25H,4,7,10,12-13H2,(H,21,26)(H,29,30)/t19-/m0/s1. The third-order valence-corrected chi connectivity index (χ3v) is 6.40. The Kier molecular flexibility index (Phi) is 9.34. The number of phenols is 1. The molecular formula is C20H23N2O10P. The highest BCUT2D eigenvalue weighted by molar-refractivity contribution is 7.58. The van der Waals surface area contributed by atoms with Crippen LogP contribution in [-0.2, 0) is 25.4 Å². The first kappa shape index (κ1) is 25.8. The third kappa shape index (κ3) is 8.19. The highest BCUT2D eigenvalue weighted by atomic mass is 31.2. The van der Waals surface area contributed by atoms with E-state index >= 15 is 0 Å². The Morgan fingerprint density at radius 2 is 1.85 bits per heavy atom. The molecule has 178 valence electrons. The zero-order valence-corrected chi connectivity index (χ0v) is 18.2. The number of carbonyl (C=O) groups excluding carboxylic acids is 2. The number of non-ortho nitro benzene ring substituents is 1. The molecule has 0 aromatic heterocycles. The van der Waals surface area contributed by atoms with Crippen LogP contribution < -0.4 is 5.32 Å². The highest BCUT2D eigenvalue weighted by Crippen LogP contribution is 2.56. The number of alkyl carbamates (subject to hydrolysis) is 1. The smallest absolute Gasteiger partial charge is 0.410 e. The highest BCUT2D eigenvalue weighted by Gasteiger charge is 2.33. The lowest BCUT2D eigenvalue weighted by Gasteiger charge is -2.19. The number of carbonyl (C=O) groups is 2. The number of nitrogens with one attached hydrogen (secondary N) is 1. The molecule has 12 nitrogen and oxygen atoms in total. The van der Waals surface area contributed by atoms with Crippen molar-refractivity contribution in [1.82, 2.24) is 5.32 Å². The van der Waals surface area contributed by atoms with Gasteiger partial charge in [0.1, 0.15) is 12.4 Å². The number of hydrogen-bond donors (Lipinski definition) is 4. The van der Waals surface area contributed by atoms with E-state index in [4.69, 9.17) is 9.47 Å². The molecule has 33 heavy (non-hydrogen) atoms. The van der Waals surface area contributed by atoms with Crippen molar-refractivity contribution < 1.29 is 43.7 Å². The number of amides is 1. The summed E-state index contributed by atoms with van der Waals surface area (Å²) in [6.07, 6.45) is -1.76. The minimum atomic E-state index is -4.34. The van der Waals surface area contributed by atoms with Gasteiger partial charge in [0, 0.05) is 30.3 Å². The normalized spacial score (nSPS) is 13.4. The van der Waals surface area contributed by atoms with Crippen LogP contribution in [0, 0.1) is 10.1 Å². The van der Waals surface area contributed by atoms with E-state index in [0.29, 0.717) is 0 Å². The molecule has 2 atom stereocenters. The predicted molar refractivity (Wildman–Crippen MR) is 114 cm³/mol. The van der Waals surface area contributed by atoms with E-state index in [-0.39, 0.29) is 19.4 Å². The van der Waals surface area contributed by atoms with E-state index in [1.54, 1.807) is 24.3 Å². The Labute approximate surface area is 188 Å². The van der Waals surface area contributed by atoms with Gasteiger partial charge in [0.2, 0.25) is 7.37 Å². The summed E-state index contributed by atoms with van der Waals surface area (Å²) >= 11 is 0. The van der Waals surface area contributed by atoms with Crippen LogP contribution in [0.1, 0.15) is 29.8 Å². The largest absolute Gasteiger partial charge is 0.508 e. The Bertz CT molecular complexity index is 1030. The van der Waals surface area contributed by atoms with Gasteiger partial charge >= 0.3 is 12.1 Å². The summed E-state index contributed by atoms with van der Waals surface area (Å²) in [5.74, 6) is -3.42. The zero-order chi connectivity index (χ0) is 24.4. The number of aromatic hydroxyl groups is 1. The molecule has 0 heterocycles. The van der Waals surface area contributed by atoms with Crippen molar-refractivity contribution in [3.8, 4) is 5.75 Å². The molecule has 0 saturated carbocycles. The van der Waals surface area contributed by atoms with Gasteiger partial charge in [0.25, 0.3) is 5.69 Å². The maximum Gasteiger partial charge on any atom is 0.410 e. The summed E-state index contributed by atoms with van der Waals surface area (Å²) in [6, 6.07) is 11.6. The minimum absolute atomic E-state index is 0.0366. The summed E-state index contributed by atoms with van der Waals surface area (Å²) < 4.78 is 22.1. The molecule has 0 spiro atoms. The quantitative estimate of drug-likeness (QED) is 0.122. The summed E-state index contributed by atoms with van der Waals surface area (Å²) in [5, 5.41) is 33.0. The average molecular weight is 482 g/mol. The molecular weight excluding hydrogens is 459 g/mol. The lowest BCUT2D eigenvalue weighted by molar-refractivity contribution is -0.385. The first-order chi connectivity index (χ1) is 15.6. The molecule has 2 aromatic rings. The second-order valence-electron chi connectivity index (χ2n) is 6.86.